The fraction of sp³-hybridized carbons (Fsp3) is 0.625. The molecule has 0 aliphatic rings. The minimum atomic E-state index is -0.173. The van der Waals surface area contributed by atoms with Gasteiger partial charge in [0.05, 0.1) is 0 Å². The van der Waals surface area contributed by atoms with E-state index >= 15 is 0 Å². The van der Waals surface area contributed by atoms with Gasteiger partial charge in [-0.1, -0.05) is 19.1 Å². The average molecular weight is 266 g/mol. The molecule has 3 heteroatoms. The largest absolute Gasteiger partial charge is 0.312 e. The predicted molar refractivity (Wildman–Crippen MR) is 80.0 cm³/mol. The topological polar surface area (TPSA) is 15.3 Å². The second-order valence-electron chi connectivity index (χ2n) is 5.89. The molecule has 19 heavy (non-hydrogen) atoms. The van der Waals surface area contributed by atoms with Gasteiger partial charge in [0.2, 0.25) is 0 Å². The molecule has 0 aliphatic carbocycles. The van der Waals surface area contributed by atoms with Gasteiger partial charge in [-0.2, -0.15) is 0 Å². The lowest BCUT2D eigenvalue weighted by Crippen LogP contribution is -2.56. The normalized spacial score (nSPS) is 13.8. The van der Waals surface area contributed by atoms with E-state index in [9.17, 15) is 4.39 Å². The van der Waals surface area contributed by atoms with Gasteiger partial charge in [-0.25, -0.2) is 4.39 Å². The molecule has 2 nitrogen and oxygen atoms in total. The van der Waals surface area contributed by atoms with Crippen LogP contribution in [0.1, 0.15) is 32.8 Å². The predicted octanol–water partition coefficient (Wildman–Crippen LogP) is 3.08. The summed E-state index contributed by atoms with van der Waals surface area (Å²) in [4.78, 5) is 2.24. The Morgan fingerprint density at radius 1 is 1.21 bits per heavy atom. The van der Waals surface area contributed by atoms with E-state index in [-0.39, 0.29) is 11.4 Å². The van der Waals surface area contributed by atoms with Crippen molar-refractivity contribution in [3.05, 3.63) is 35.6 Å². The second-order valence-corrected chi connectivity index (χ2v) is 5.89. The van der Waals surface area contributed by atoms with E-state index in [2.05, 4.69) is 45.1 Å². The molecule has 0 aliphatic heterocycles. The molecule has 0 saturated heterocycles. The molecule has 0 heterocycles. The highest BCUT2D eigenvalue weighted by molar-refractivity contribution is 5.18. The highest BCUT2D eigenvalue weighted by Gasteiger charge is 2.31. The van der Waals surface area contributed by atoms with Gasteiger partial charge in [-0.05, 0) is 65.0 Å². The number of benzene rings is 1. The lowest BCUT2D eigenvalue weighted by Gasteiger charge is -2.41. The molecule has 1 unspecified atom stereocenters. The fourth-order valence-corrected chi connectivity index (χ4v) is 2.06. The summed E-state index contributed by atoms with van der Waals surface area (Å²) in [6.45, 7) is 7.65. The van der Waals surface area contributed by atoms with E-state index in [0.717, 1.165) is 19.4 Å². The minimum absolute atomic E-state index is 0.0452. The monoisotopic (exact) mass is 266 g/mol. The van der Waals surface area contributed by atoms with Crippen molar-refractivity contribution in [3.63, 3.8) is 0 Å². The fourth-order valence-electron chi connectivity index (χ4n) is 2.06. The van der Waals surface area contributed by atoms with Gasteiger partial charge in [-0.3, -0.25) is 0 Å². The Balaban J connectivity index is 2.82. The first-order valence-electron chi connectivity index (χ1n) is 7.03. The van der Waals surface area contributed by atoms with Gasteiger partial charge in [0.1, 0.15) is 5.82 Å². The SMILES string of the molecule is CCCNC(Cc1ccc(F)cc1)C(C)(C)N(C)C. The summed E-state index contributed by atoms with van der Waals surface area (Å²) in [5.41, 5.74) is 1.22. The Morgan fingerprint density at radius 3 is 2.26 bits per heavy atom. The smallest absolute Gasteiger partial charge is 0.123 e. The van der Waals surface area contributed by atoms with Crippen molar-refractivity contribution < 1.29 is 4.39 Å². The molecular formula is C16H27FN2. The maximum atomic E-state index is 13.0. The number of hydrogen-bond donors (Lipinski definition) is 1. The van der Waals surface area contributed by atoms with Crippen molar-refractivity contribution in [2.45, 2.75) is 45.2 Å². The quantitative estimate of drug-likeness (QED) is 0.816. The van der Waals surface area contributed by atoms with Gasteiger partial charge >= 0.3 is 0 Å². The zero-order chi connectivity index (χ0) is 14.5. The van der Waals surface area contributed by atoms with Gasteiger partial charge < -0.3 is 10.2 Å². The number of halogens is 1. The Morgan fingerprint density at radius 2 is 1.79 bits per heavy atom. The van der Waals surface area contributed by atoms with Crippen molar-refractivity contribution in [2.75, 3.05) is 20.6 Å². The molecule has 0 bridgehead atoms. The Kier molecular flexibility index (Phi) is 5.95. The summed E-state index contributed by atoms with van der Waals surface area (Å²) in [5.74, 6) is -0.173. The highest BCUT2D eigenvalue weighted by atomic mass is 19.1. The number of nitrogens with zero attached hydrogens (tertiary/aromatic N) is 1. The van der Waals surface area contributed by atoms with E-state index in [4.69, 9.17) is 0 Å². The molecule has 0 spiro atoms. The molecule has 1 N–H and O–H groups in total. The lowest BCUT2D eigenvalue weighted by atomic mass is 9.88. The van der Waals surface area contributed by atoms with E-state index in [1.54, 1.807) is 0 Å². The molecule has 1 atom stereocenters. The molecule has 1 rings (SSSR count). The summed E-state index contributed by atoms with van der Waals surface area (Å²) >= 11 is 0. The molecule has 0 fully saturated rings. The zero-order valence-electron chi connectivity index (χ0n) is 12.8. The van der Waals surface area contributed by atoms with Crippen molar-refractivity contribution >= 4 is 0 Å². The number of likely N-dealkylation sites (N-methyl/N-ethyl adjacent to an activating group) is 1. The van der Waals surface area contributed by atoms with Crippen LogP contribution < -0.4 is 5.32 Å². The number of hydrogen-bond acceptors (Lipinski definition) is 2. The van der Waals surface area contributed by atoms with E-state index in [1.807, 2.05) is 12.1 Å². The molecule has 0 amide bonds. The first kappa shape index (κ1) is 16.1. The molecule has 0 saturated carbocycles. The van der Waals surface area contributed by atoms with Crippen molar-refractivity contribution in [3.8, 4) is 0 Å². The van der Waals surface area contributed by atoms with E-state index in [0.29, 0.717) is 6.04 Å². The second kappa shape index (κ2) is 7.01. The molecule has 108 valence electrons. The Bertz CT molecular complexity index is 371. The standard InChI is InChI=1S/C16H27FN2/c1-6-11-18-15(16(2,3)19(4)5)12-13-7-9-14(17)10-8-13/h7-10,15,18H,6,11-12H2,1-5H3. The molecule has 1 aromatic rings. The van der Waals surface area contributed by atoms with Crippen molar-refractivity contribution in [1.29, 1.82) is 0 Å². The lowest BCUT2D eigenvalue weighted by molar-refractivity contribution is 0.137. The maximum Gasteiger partial charge on any atom is 0.123 e. The first-order valence-corrected chi connectivity index (χ1v) is 7.03. The Hall–Kier alpha value is -0.930. The average Bonchev–Trinajstić information content (AvgIpc) is 2.36. The van der Waals surface area contributed by atoms with E-state index < -0.39 is 0 Å². The van der Waals surface area contributed by atoms with Gasteiger partial charge in [0.15, 0.2) is 0 Å². The van der Waals surface area contributed by atoms with Gasteiger partial charge in [0, 0.05) is 11.6 Å². The summed E-state index contributed by atoms with van der Waals surface area (Å²) in [7, 11) is 4.20. The molecule has 1 aromatic carbocycles. The van der Waals surface area contributed by atoms with Crippen molar-refractivity contribution in [2.24, 2.45) is 0 Å². The highest BCUT2D eigenvalue weighted by Crippen LogP contribution is 2.20. The third kappa shape index (κ3) is 4.59. The zero-order valence-corrected chi connectivity index (χ0v) is 12.8. The van der Waals surface area contributed by atoms with Crippen LogP contribution in [0.2, 0.25) is 0 Å². The minimum Gasteiger partial charge on any atom is -0.312 e. The number of nitrogens with one attached hydrogen (secondary N) is 1. The van der Waals surface area contributed by atoms with Crippen LogP contribution in [0, 0.1) is 5.82 Å². The van der Waals surface area contributed by atoms with E-state index in [1.165, 1.54) is 17.7 Å². The van der Waals surface area contributed by atoms with Gasteiger partial charge in [-0.15, -0.1) is 0 Å². The summed E-state index contributed by atoms with van der Waals surface area (Å²) in [5, 5.41) is 3.62. The molecular weight excluding hydrogens is 239 g/mol. The van der Waals surface area contributed by atoms with Crippen LogP contribution in [0.5, 0.6) is 0 Å². The third-order valence-corrected chi connectivity index (χ3v) is 4.00. The maximum absolute atomic E-state index is 13.0. The van der Waals surface area contributed by atoms with Crippen LogP contribution in [0.3, 0.4) is 0 Å². The van der Waals surface area contributed by atoms with Crippen LogP contribution >= 0.6 is 0 Å². The van der Waals surface area contributed by atoms with Crippen LogP contribution in [0.15, 0.2) is 24.3 Å². The van der Waals surface area contributed by atoms with Crippen LogP contribution in [-0.2, 0) is 6.42 Å². The number of rotatable bonds is 7. The van der Waals surface area contributed by atoms with Crippen molar-refractivity contribution in [1.82, 2.24) is 10.2 Å². The van der Waals surface area contributed by atoms with Gasteiger partial charge in [0.25, 0.3) is 0 Å². The van der Waals surface area contributed by atoms with Crippen LogP contribution in [0.25, 0.3) is 0 Å². The first-order chi connectivity index (χ1) is 8.87. The summed E-state index contributed by atoms with van der Waals surface area (Å²) in [6, 6.07) is 7.17. The van der Waals surface area contributed by atoms with Crippen LogP contribution in [-0.4, -0.2) is 37.1 Å². The third-order valence-electron chi connectivity index (χ3n) is 4.00. The summed E-state index contributed by atoms with van der Waals surface area (Å²) in [6.07, 6.45) is 2.02. The summed E-state index contributed by atoms with van der Waals surface area (Å²) < 4.78 is 13.0. The molecule has 0 radical (unpaired) electrons. The Labute approximate surface area is 117 Å². The van der Waals surface area contributed by atoms with Crippen LogP contribution in [0.4, 0.5) is 4.39 Å². The molecule has 0 aromatic heterocycles.